The van der Waals surface area contributed by atoms with Gasteiger partial charge in [0.15, 0.2) is 5.65 Å². The van der Waals surface area contributed by atoms with Crippen molar-refractivity contribution in [2.75, 3.05) is 0 Å². The maximum Gasteiger partial charge on any atom is 0.155 e. The second kappa shape index (κ2) is 122. The highest BCUT2D eigenvalue weighted by Gasteiger charge is 2.05. The Bertz CT molecular complexity index is 2430. The molecule has 0 atom stereocenters. The number of nitrogens with zero attached hydrogens (tertiary/aromatic N) is 13. The van der Waals surface area contributed by atoms with Gasteiger partial charge >= 0.3 is 0 Å². The van der Waals surface area contributed by atoms with Crippen LogP contribution in [0.4, 0.5) is 0 Å². The van der Waals surface area contributed by atoms with Crippen LogP contribution in [0.2, 0.25) is 0 Å². The molecule has 0 N–H and O–H groups in total. The lowest BCUT2D eigenvalue weighted by molar-refractivity contribution is 0.830. The summed E-state index contributed by atoms with van der Waals surface area (Å²) in [5.41, 5.74) is 9.33. The minimum Gasteiger partial charge on any atom is -0.253 e. The van der Waals surface area contributed by atoms with Gasteiger partial charge in [-0.15, -0.1) is 0 Å². The van der Waals surface area contributed by atoms with E-state index in [0.29, 0.717) is 0 Å². The van der Waals surface area contributed by atoms with Crippen LogP contribution in [0.25, 0.3) is 27.6 Å². The molecule has 547 valence electrons. The van der Waals surface area contributed by atoms with Gasteiger partial charge in [0, 0.05) is 95.8 Å². The van der Waals surface area contributed by atoms with Crippen molar-refractivity contribution < 1.29 is 0 Å². The number of para-hydroxylation sites is 1. The fourth-order valence-corrected chi connectivity index (χ4v) is 5.77. The molecule has 13 nitrogen and oxygen atoms in total. The van der Waals surface area contributed by atoms with Gasteiger partial charge in [-0.3, -0.25) is 4.98 Å². The standard InChI is InChI=1S/C11H12N2.C10H11N3.C9H11N3.C7H11N3.C7H10N2.14C2H6.5CH4.5B/c1-3-10-9-6-4-5-7-11(9)13-8(2)12-10;1-3-8-10-9(5-4-6-11-10)13-7(2)12-8;1-3-8-6-7(2)12-9(11-8)4-5-10-12;1-4-7-9-5(2)8-6(3)10-7;1-3-7-8-5-4-6(2)9-7;14*1-2;;;;;;;;;;/h4-7H,3H2,1-2H3;4-6H,3H2,1-2H3;4-6H,3H2,1-2H3;4H2,1-3H3;4-5H,3H2,1-2H3;14*1-2H3;5*1H4;;;;;. The van der Waals surface area contributed by atoms with Crippen molar-refractivity contribution in [2.24, 2.45) is 0 Å². The Kier molecular flexibility index (Phi) is 191. The molecule has 0 unspecified atom stereocenters. The van der Waals surface area contributed by atoms with Gasteiger partial charge in [0.1, 0.15) is 40.5 Å². The number of aryl methyl sites for hydroxylation is 11. The third kappa shape index (κ3) is 73.7. The minimum absolute atomic E-state index is 0. The van der Waals surface area contributed by atoms with Crippen LogP contribution in [-0.4, -0.2) is 107 Å². The number of pyridine rings is 1. The molecule has 1 aromatic carbocycles. The van der Waals surface area contributed by atoms with Gasteiger partial charge in [0.05, 0.1) is 28.6 Å². The summed E-state index contributed by atoms with van der Waals surface area (Å²) in [7, 11) is 0. The van der Waals surface area contributed by atoms with Crippen LogP contribution in [0.1, 0.15) is 329 Å². The third-order valence-electron chi connectivity index (χ3n) is 8.44. The van der Waals surface area contributed by atoms with Crippen molar-refractivity contribution in [3.63, 3.8) is 0 Å². The molecule has 7 aromatic heterocycles. The van der Waals surface area contributed by atoms with Crippen LogP contribution in [0.15, 0.2) is 73.2 Å². The number of fused-ring (bicyclic) bond motifs is 3. The Balaban J connectivity index is -0.0000000339. The predicted octanol–water partition coefficient (Wildman–Crippen LogP) is 24.0. The molecule has 18 heteroatoms. The van der Waals surface area contributed by atoms with E-state index in [0.717, 1.165) is 118 Å². The van der Waals surface area contributed by atoms with Crippen molar-refractivity contribution in [1.82, 2.24) is 64.4 Å². The molecule has 0 bridgehead atoms. The second-order valence-electron chi connectivity index (χ2n) is 13.0. The molecule has 0 aliphatic heterocycles. The minimum atomic E-state index is 0. The molecular formula is C77H159B5N13. The molecule has 0 amide bonds. The summed E-state index contributed by atoms with van der Waals surface area (Å²) in [4.78, 5) is 46.7. The Hall–Kier alpha value is -5.92. The molecule has 95 heavy (non-hydrogen) atoms. The number of hydrogen-bond donors (Lipinski definition) is 0. The fraction of sp³-hybridized carbons (Fsp3) is 0.636. The zero-order valence-electron chi connectivity index (χ0n) is 66.2. The first-order valence-electron chi connectivity index (χ1n) is 33.6. The van der Waals surface area contributed by atoms with E-state index in [1.165, 1.54) is 5.39 Å². The zero-order chi connectivity index (χ0) is 69.3. The molecule has 0 spiro atoms. The van der Waals surface area contributed by atoms with E-state index in [9.17, 15) is 0 Å². The SMILES string of the molecule is C.C.C.C.C.CC.CC.CC.CC.CC.CC.CC.CC.CC.CC.CC.CC.CC.CC.CCc1cc(C)n2nccc2n1.CCc1nc(C)nc(C)n1.CCc1nc(C)nc2ccccc12.CCc1nc(C)nc2cccnc12.CCc1nccc(C)n1.[B].[B].[B].[B].[B]. The maximum absolute atomic E-state index is 4.42. The molecule has 0 saturated heterocycles. The van der Waals surface area contributed by atoms with E-state index in [-0.39, 0.29) is 79.2 Å². The quantitative estimate of drug-likeness (QED) is 0.150. The lowest BCUT2D eigenvalue weighted by Crippen LogP contribution is -2.00. The van der Waals surface area contributed by atoms with E-state index < -0.39 is 0 Å². The summed E-state index contributed by atoms with van der Waals surface area (Å²) in [6, 6.07) is 17.9. The van der Waals surface area contributed by atoms with Gasteiger partial charge in [-0.05, 0) is 91.1 Å². The molecule has 0 fully saturated rings. The lowest BCUT2D eigenvalue weighted by atomic mass is 10.1. The first-order valence-corrected chi connectivity index (χ1v) is 33.6. The zero-order valence-corrected chi connectivity index (χ0v) is 66.2. The molecular weight excluding hydrogens is 1160 g/mol. The highest BCUT2D eigenvalue weighted by atomic mass is 15.2. The third-order valence-corrected chi connectivity index (χ3v) is 8.44. The molecule has 15 radical (unpaired) electrons. The highest BCUT2D eigenvalue weighted by Crippen LogP contribution is 2.16. The Morgan fingerprint density at radius 3 is 1.07 bits per heavy atom. The maximum atomic E-state index is 4.42. The molecule has 8 aromatic rings. The highest BCUT2D eigenvalue weighted by molar-refractivity contribution is 5.80. The monoisotopic (exact) mass is 1320 g/mol. The molecule has 0 saturated carbocycles. The van der Waals surface area contributed by atoms with E-state index in [1.807, 2.05) is 289 Å². The number of benzene rings is 1. The van der Waals surface area contributed by atoms with E-state index in [4.69, 9.17) is 0 Å². The predicted molar refractivity (Wildman–Crippen MR) is 448 cm³/mol. The summed E-state index contributed by atoms with van der Waals surface area (Å²) in [5.74, 6) is 5.10. The van der Waals surface area contributed by atoms with Crippen LogP contribution in [-0.2, 0) is 32.1 Å². The van der Waals surface area contributed by atoms with Crippen molar-refractivity contribution in [1.29, 1.82) is 0 Å². The van der Waals surface area contributed by atoms with Crippen molar-refractivity contribution in [3.8, 4) is 0 Å². The van der Waals surface area contributed by atoms with Crippen molar-refractivity contribution in [3.05, 3.63) is 137 Å². The normalized spacial score (nSPS) is 7.11. The Morgan fingerprint density at radius 1 is 0.316 bits per heavy atom. The smallest absolute Gasteiger partial charge is 0.155 e. The van der Waals surface area contributed by atoms with Gasteiger partial charge in [-0.1, -0.05) is 284 Å². The Morgan fingerprint density at radius 2 is 0.695 bits per heavy atom. The average Bonchev–Trinajstić information content (AvgIpc) is 1.74. The van der Waals surface area contributed by atoms with Gasteiger partial charge in [0.2, 0.25) is 0 Å². The first-order chi connectivity index (χ1) is 41.5. The molecule has 0 aliphatic carbocycles. The topological polar surface area (TPSA) is 159 Å². The van der Waals surface area contributed by atoms with Gasteiger partial charge in [-0.25, -0.2) is 54.4 Å². The number of hydrogen-bond acceptors (Lipinski definition) is 12. The summed E-state index contributed by atoms with van der Waals surface area (Å²) in [6.07, 6.45) is 9.98. The Labute approximate surface area is 606 Å². The first kappa shape index (κ1) is 149. The fourth-order valence-electron chi connectivity index (χ4n) is 5.77. The largest absolute Gasteiger partial charge is 0.253 e. The van der Waals surface area contributed by atoms with Crippen LogP contribution >= 0.6 is 0 Å². The number of aromatic nitrogens is 13. The summed E-state index contributed by atoms with van der Waals surface area (Å²) in [6.45, 7) is 78.0. The van der Waals surface area contributed by atoms with Gasteiger partial charge in [0.25, 0.3) is 0 Å². The van der Waals surface area contributed by atoms with Crippen molar-refractivity contribution >= 4 is 69.6 Å². The van der Waals surface area contributed by atoms with Gasteiger partial charge in [-0.2, -0.15) is 5.10 Å². The van der Waals surface area contributed by atoms with Crippen LogP contribution < -0.4 is 0 Å². The summed E-state index contributed by atoms with van der Waals surface area (Å²) < 4.78 is 1.85. The van der Waals surface area contributed by atoms with Crippen LogP contribution in [0, 0.1) is 41.5 Å². The van der Waals surface area contributed by atoms with E-state index in [1.54, 1.807) is 18.6 Å². The van der Waals surface area contributed by atoms with Gasteiger partial charge < -0.3 is 0 Å². The van der Waals surface area contributed by atoms with Crippen LogP contribution in [0.3, 0.4) is 0 Å². The van der Waals surface area contributed by atoms with Crippen molar-refractivity contribution in [2.45, 2.75) is 339 Å². The summed E-state index contributed by atoms with van der Waals surface area (Å²) in [5, 5.41) is 5.32. The lowest BCUT2D eigenvalue weighted by Gasteiger charge is -2.03. The van der Waals surface area contributed by atoms with E-state index >= 15 is 0 Å². The number of rotatable bonds is 5. The molecule has 7 heterocycles. The average molecular weight is 1320 g/mol. The molecule has 8 rings (SSSR count). The van der Waals surface area contributed by atoms with E-state index in [2.05, 4.69) is 99.8 Å². The summed E-state index contributed by atoms with van der Waals surface area (Å²) >= 11 is 0. The van der Waals surface area contributed by atoms with Crippen LogP contribution in [0.5, 0.6) is 0 Å². The molecule has 0 aliphatic rings. The second-order valence-corrected chi connectivity index (χ2v) is 13.0.